The van der Waals surface area contributed by atoms with Crippen molar-refractivity contribution in [2.24, 2.45) is 5.10 Å². The smallest absolute Gasteiger partial charge is 0.344 e. The second kappa shape index (κ2) is 9.64. The maximum absolute atomic E-state index is 13.3. The number of carboxylic acids is 1. The molecule has 33 heavy (non-hydrogen) atoms. The minimum Gasteiger partial charge on any atom is -0.493 e. The lowest BCUT2D eigenvalue weighted by molar-refractivity contribution is -0.144. The first-order valence-corrected chi connectivity index (χ1v) is 11.5. The van der Waals surface area contributed by atoms with Crippen LogP contribution in [0.1, 0.15) is 39.1 Å². The van der Waals surface area contributed by atoms with Gasteiger partial charge in [0.1, 0.15) is 5.82 Å². The van der Waals surface area contributed by atoms with Crippen molar-refractivity contribution in [1.82, 2.24) is 9.66 Å². The molecule has 0 saturated heterocycles. The van der Waals surface area contributed by atoms with E-state index in [2.05, 4.69) is 37.0 Å². The molecule has 1 aromatic heterocycles. The van der Waals surface area contributed by atoms with E-state index in [0.29, 0.717) is 32.5 Å². The number of rotatable bonds is 6. The van der Waals surface area contributed by atoms with Gasteiger partial charge < -0.3 is 14.6 Å². The Labute approximate surface area is 207 Å². The predicted molar refractivity (Wildman–Crippen MR) is 134 cm³/mol. The third-order valence-electron chi connectivity index (χ3n) is 4.73. The zero-order valence-electron chi connectivity index (χ0n) is 18.7. The van der Waals surface area contributed by atoms with E-state index in [4.69, 9.17) is 19.6 Å². The maximum atomic E-state index is 13.3. The number of fused-ring (bicyclic) bond motifs is 1. The van der Waals surface area contributed by atoms with Crippen molar-refractivity contribution in [3.63, 3.8) is 0 Å². The lowest BCUT2D eigenvalue weighted by atomic mass is 9.95. The zero-order valence-corrected chi connectivity index (χ0v) is 21.9. The number of hydrogen-bond donors (Lipinski definition) is 1. The van der Waals surface area contributed by atoms with Gasteiger partial charge in [0.05, 0.1) is 24.2 Å². The first-order chi connectivity index (χ1) is 15.4. The molecule has 0 bridgehead atoms. The van der Waals surface area contributed by atoms with E-state index >= 15 is 0 Å². The predicted octanol–water partition coefficient (Wildman–Crippen LogP) is 4.96. The first kappa shape index (κ1) is 24.9. The average Bonchev–Trinajstić information content (AvgIpc) is 2.73. The van der Waals surface area contributed by atoms with Gasteiger partial charge in [-0.3, -0.25) is 4.79 Å². The third-order valence-corrected chi connectivity index (χ3v) is 5.91. The lowest BCUT2D eigenvalue weighted by Gasteiger charge is -2.21. The second-order valence-electron chi connectivity index (χ2n) is 8.33. The fourth-order valence-electron chi connectivity index (χ4n) is 3.00. The van der Waals surface area contributed by atoms with Gasteiger partial charge in [0, 0.05) is 19.9 Å². The molecule has 0 spiro atoms. The number of hydrogen-bond acceptors (Lipinski definition) is 6. The van der Waals surface area contributed by atoms with Crippen LogP contribution in [0.25, 0.3) is 10.9 Å². The number of aliphatic carboxylic acids is 1. The Bertz CT molecular complexity index is 1310. The van der Waals surface area contributed by atoms with E-state index in [-0.39, 0.29) is 11.3 Å². The van der Waals surface area contributed by atoms with Crippen molar-refractivity contribution < 1.29 is 19.4 Å². The molecule has 0 aliphatic heterocycles. The summed E-state index contributed by atoms with van der Waals surface area (Å²) in [6.07, 6.45) is 0.459. The number of methoxy groups -OCH3 is 1. The highest BCUT2D eigenvalue weighted by molar-refractivity contribution is 9.10. The molecule has 0 radical (unpaired) electrons. The molecule has 3 rings (SSSR count). The van der Waals surface area contributed by atoms with Gasteiger partial charge in [-0.15, -0.1) is 0 Å². The van der Waals surface area contributed by atoms with Crippen LogP contribution in [-0.4, -0.2) is 40.2 Å². The zero-order chi connectivity index (χ0) is 24.5. The first-order valence-electron chi connectivity index (χ1n) is 9.96. The SMILES string of the molecule is COc1cc(C=Nn2c(C(C)(C)C)nc3ccc(Br)cc3c2=O)c(Br)cc1O[C@H](C)C(=O)O. The van der Waals surface area contributed by atoms with Gasteiger partial charge in [0.25, 0.3) is 5.56 Å². The van der Waals surface area contributed by atoms with Gasteiger partial charge >= 0.3 is 5.97 Å². The highest BCUT2D eigenvalue weighted by atomic mass is 79.9. The molecule has 1 atom stereocenters. The number of aromatic nitrogens is 2. The maximum Gasteiger partial charge on any atom is 0.344 e. The molecule has 0 aliphatic rings. The number of ether oxygens (including phenoxy) is 2. The van der Waals surface area contributed by atoms with Gasteiger partial charge in [0.2, 0.25) is 0 Å². The van der Waals surface area contributed by atoms with Crippen molar-refractivity contribution in [2.45, 2.75) is 39.2 Å². The lowest BCUT2D eigenvalue weighted by Crippen LogP contribution is -2.29. The summed E-state index contributed by atoms with van der Waals surface area (Å²) in [5.74, 6) is 0.0122. The van der Waals surface area contributed by atoms with Crippen molar-refractivity contribution in [3.8, 4) is 11.5 Å². The number of nitrogens with zero attached hydrogens (tertiary/aromatic N) is 3. The topological polar surface area (TPSA) is 103 Å². The Hall–Kier alpha value is -2.72. The molecule has 3 aromatic rings. The molecule has 0 unspecified atom stereocenters. The Morgan fingerprint density at radius 3 is 2.52 bits per heavy atom. The van der Waals surface area contributed by atoms with E-state index in [1.165, 1.54) is 24.9 Å². The van der Waals surface area contributed by atoms with Crippen LogP contribution in [0.5, 0.6) is 11.5 Å². The summed E-state index contributed by atoms with van der Waals surface area (Å²) in [7, 11) is 1.45. The van der Waals surface area contributed by atoms with Crippen molar-refractivity contribution in [3.05, 3.63) is 61.0 Å². The van der Waals surface area contributed by atoms with Gasteiger partial charge in [-0.2, -0.15) is 9.78 Å². The monoisotopic (exact) mass is 579 g/mol. The van der Waals surface area contributed by atoms with Crippen LogP contribution in [-0.2, 0) is 10.2 Å². The largest absolute Gasteiger partial charge is 0.493 e. The molecule has 0 fully saturated rings. The fraction of sp³-hybridized carbons (Fsp3) is 0.304. The Balaban J connectivity index is 2.13. The minimum absolute atomic E-state index is 0.265. The van der Waals surface area contributed by atoms with Gasteiger partial charge in [-0.25, -0.2) is 9.78 Å². The van der Waals surface area contributed by atoms with E-state index in [1.807, 2.05) is 26.8 Å². The highest BCUT2D eigenvalue weighted by Crippen LogP contribution is 2.34. The number of benzene rings is 2. The summed E-state index contributed by atoms with van der Waals surface area (Å²) >= 11 is 6.85. The van der Waals surface area contributed by atoms with Crippen LogP contribution >= 0.6 is 31.9 Å². The molecule has 0 aliphatic carbocycles. The summed E-state index contributed by atoms with van der Waals surface area (Å²) in [6.45, 7) is 7.30. The molecule has 0 saturated carbocycles. The molecule has 2 aromatic carbocycles. The van der Waals surface area contributed by atoms with Crippen LogP contribution in [0.4, 0.5) is 0 Å². The molecule has 1 heterocycles. The summed E-state index contributed by atoms with van der Waals surface area (Å²) in [4.78, 5) is 29.1. The van der Waals surface area contributed by atoms with Gasteiger partial charge in [0.15, 0.2) is 17.6 Å². The highest BCUT2D eigenvalue weighted by Gasteiger charge is 2.23. The molecule has 1 N–H and O–H groups in total. The Morgan fingerprint density at radius 2 is 1.91 bits per heavy atom. The molecular formula is C23H23Br2N3O5. The van der Waals surface area contributed by atoms with E-state index in [9.17, 15) is 9.59 Å². The molecule has 0 amide bonds. The second-order valence-corrected chi connectivity index (χ2v) is 10.1. The van der Waals surface area contributed by atoms with Crippen molar-refractivity contribution in [1.29, 1.82) is 0 Å². The van der Waals surface area contributed by atoms with Crippen LogP contribution < -0.4 is 15.0 Å². The summed E-state index contributed by atoms with van der Waals surface area (Å²) < 4.78 is 13.5. The Kier molecular flexibility index (Phi) is 7.28. The quantitative estimate of drug-likeness (QED) is 0.413. The number of halogens is 2. The van der Waals surface area contributed by atoms with Gasteiger partial charge in [-0.05, 0) is 53.2 Å². The fourth-order valence-corrected chi connectivity index (χ4v) is 3.79. The van der Waals surface area contributed by atoms with E-state index in [1.54, 1.807) is 24.3 Å². The number of carbonyl (C=O) groups is 1. The van der Waals surface area contributed by atoms with E-state index < -0.39 is 17.5 Å². The van der Waals surface area contributed by atoms with Crippen LogP contribution in [0.15, 0.2) is 49.2 Å². The van der Waals surface area contributed by atoms with Crippen LogP contribution in [0.3, 0.4) is 0 Å². The van der Waals surface area contributed by atoms with Crippen molar-refractivity contribution in [2.75, 3.05) is 7.11 Å². The average molecular weight is 581 g/mol. The van der Waals surface area contributed by atoms with Crippen LogP contribution in [0.2, 0.25) is 0 Å². The summed E-state index contributed by atoms with van der Waals surface area (Å²) in [5, 5.41) is 14.0. The van der Waals surface area contributed by atoms with Crippen molar-refractivity contribution >= 4 is 54.9 Å². The minimum atomic E-state index is -1.09. The standard InChI is InChI=1S/C23H23Br2N3O5/c1-12(21(30)31)33-19-10-16(25)13(8-18(19)32-5)11-26-28-20(29)15-9-14(24)6-7-17(15)27-22(28)23(2,3)4/h6-12H,1-5H3,(H,30,31)/t12-/m1/s1. The van der Waals surface area contributed by atoms with Gasteiger partial charge in [-0.1, -0.05) is 36.7 Å². The summed E-state index contributed by atoms with van der Waals surface area (Å²) in [5.41, 5.74) is 0.456. The number of carboxylic acid groups (broad SMARTS) is 1. The Morgan fingerprint density at radius 1 is 1.21 bits per heavy atom. The molecule has 10 heteroatoms. The molecule has 174 valence electrons. The van der Waals surface area contributed by atoms with E-state index in [0.717, 1.165) is 4.47 Å². The molecule has 8 nitrogen and oxygen atoms in total. The molecular weight excluding hydrogens is 558 g/mol. The summed E-state index contributed by atoms with van der Waals surface area (Å²) in [6, 6.07) is 8.60. The third kappa shape index (κ3) is 5.44. The normalized spacial score (nSPS) is 12.8. The van der Waals surface area contributed by atoms with Crippen LogP contribution in [0, 0.1) is 0 Å².